The van der Waals surface area contributed by atoms with Crippen LogP contribution in [0.4, 0.5) is 0 Å². The van der Waals surface area contributed by atoms with Gasteiger partial charge in [0.25, 0.3) is 6.33 Å². The molecule has 0 fully saturated rings. The van der Waals surface area contributed by atoms with Crippen LogP contribution in [0.3, 0.4) is 0 Å². The van der Waals surface area contributed by atoms with E-state index in [4.69, 9.17) is 9.72 Å². The molecule has 0 bridgehead atoms. The molecule has 0 aliphatic carbocycles. The minimum absolute atomic E-state index is 0.116. The van der Waals surface area contributed by atoms with Crippen LogP contribution in [0.2, 0.25) is 0 Å². The molecule has 0 spiro atoms. The number of benzene rings is 10. The lowest BCUT2D eigenvalue weighted by Gasteiger charge is -2.20. The van der Waals surface area contributed by atoms with Gasteiger partial charge in [0.2, 0.25) is 0 Å². The van der Waals surface area contributed by atoms with E-state index in [-0.39, 0.29) is 5.41 Å². The van der Waals surface area contributed by atoms with E-state index in [0.717, 1.165) is 94.5 Å². The van der Waals surface area contributed by atoms with E-state index in [2.05, 4.69) is 288 Å². The molecular weight excluding hydrogens is 953 g/mol. The first kappa shape index (κ1) is 45.4. The minimum Gasteiger partial charge on any atom is -0.458 e. The number of aromatic nitrogens is 6. The second-order valence-electron chi connectivity index (χ2n) is 21.4. The standard InChI is InChI=1S/C71H52N6O/c1-71(2,3)48-40-41-72-63(42-48)77-62-44-52(38-39-57(62)66-68-64(65-55-30-14-16-34-58(55)73(4)69(65)70(66)77)56-31-15-17-35-59(56)76(68)49-26-12-7-13-27-49)78-51-29-20-28-50(43-51)74-45-75(61-37-19-18-36-60(61)74)67-53(46-22-8-5-9-23-46)32-21-33-54(67)47-24-10-6-11-25-47/h5-44H,1-4H3. The van der Waals surface area contributed by atoms with Crippen LogP contribution in [0, 0.1) is 6.33 Å². The average molecular weight is 1010 g/mol. The lowest BCUT2D eigenvalue weighted by molar-refractivity contribution is -0.572. The lowest BCUT2D eigenvalue weighted by Crippen LogP contribution is -2.29. The first-order valence-electron chi connectivity index (χ1n) is 26.7. The zero-order valence-corrected chi connectivity index (χ0v) is 43.7. The zero-order valence-electron chi connectivity index (χ0n) is 43.7. The molecule has 0 saturated carbocycles. The van der Waals surface area contributed by atoms with Gasteiger partial charge in [0.15, 0.2) is 0 Å². The third kappa shape index (κ3) is 6.98. The number of nitrogens with zero attached hydrogens (tertiary/aromatic N) is 6. The Hall–Kier alpha value is -9.98. The number of aryl methyl sites for hydroxylation is 1. The molecule has 10 aromatic carbocycles. The van der Waals surface area contributed by atoms with Gasteiger partial charge in [0.05, 0.1) is 50.0 Å². The third-order valence-electron chi connectivity index (χ3n) is 15.8. The number of rotatable bonds is 8. The van der Waals surface area contributed by atoms with Crippen LogP contribution in [0.15, 0.2) is 243 Å². The van der Waals surface area contributed by atoms with Crippen molar-refractivity contribution in [1.29, 1.82) is 0 Å². The molecule has 0 radical (unpaired) electrons. The molecule has 372 valence electrons. The molecule has 15 rings (SSSR count). The first-order valence-corrected chi connectivity index (χ1v) is 26.7. The maximum Gasteiger partial charge on any atom is 0.269 e. The smallest absolute Gasteiger partial charge is 0.269 e. The summed E-state index contributed by atoms with van der Waals surface area (Å²) in [6.07, 6.45) is 5.81. The summed E-state index contributed by atoms with van der Waals surface area (Å²) in [5, 5.41) is 7.14. The van der Waals surface area contributed by atoms with Crippen LogP contribution < -0.4 is 9.30 Å². The van der Waals surface area contributed by atoms with Crippen molar-refractivity contribution in [3.05, 3.63) is 255 Å². The highest BCUT2D eigenvalue weighted by molar-refractivity contribution is 6.40. The van der Waals surface area contributed by atoms with Crippen molar-refractivity contribution < 1.29 is 9.30 Å². The molecule has 0 aliphatic heterocycles. The minimum atomic E-state index is -0.116. The van der Waals surface area contributed by atoms with E-state index in [1.165, 1.54) is 32.6 Å². The van der Waals surface area contributed by atoms with Crippen molar-refractivity contribution >= 4 is 76.5 Å². The summed E-state index contributed by atoms with van der Waals surface area (Å²) in [5.74, 6) is 2.27. The fourth-order valence-electron chi connectivity index (χ4n) is 12.3. The average Bonchev–Trinajstić information content (AvgIpc) is 4.34. The monoisotopic (exact) mass is 1000 g/mol. The third-order valence-corrected chi connectivity index (χ3v) is 15.8. The molecule has 5 heterocycles. The maximum atomic E-state index is 7.08. The predicted octanol–water partition coefficient (Wildman–Crippen LogP) is 17.4. The molecule has 0 amide bonds. The van der Waals surface area contributed by atoms with Gasteiger partial charge >= 0.3 is 0 Å². The van der Waals surface area contributed by atoms with Gasteiger partial charge in [-0.1, -0.05) is 185 Å². The van der Waals surface area contributed by atoms with Crippen molar-refractivity contribution in [1.82, 2.24) is 23.3 Å². The van der Waals surface area contributed by atoms with Gasteiger partial charge in [-0.25, -0.2) is 4.98 Å². The summed E-state index contributed by atoms with van der Waals surface area (Å²) < 4.78 is 18.7. The topological polar surface area (TPSA) is 45.7 Å². The van der Waals surface area contributed by atoms with Crippen LogP contribution in [-0.2, 0) is 12.5 Å². The van der Waals surface area contributed by atoms with Gasteiger partial charge in [-0.2, -0.15) is 0 Å². The maximum absolute atomic E-state index is 7.08. The molecule has 7 heteroatoms. The van der Waals surface area contributed by atoms with E-state index >= 15 is 0 Å². The van der Waals surface area contributed by atoms with Crippen LogP contribution in [0.5, 0.6) is 11.5 Å². The van der Waals surface area contributed by atoms with Crippen molar-refractivity contribution in [3.63, 3.8) is 0 Å². The van der Waals surface area contributed by atoms with Crippen molar-refractivity contribution in [2.75, 3.05) is 0 Å². The highest BCUT2D eigenvalue weighted by Gasteiger charge is 2.29. The molecule has 15 aromatic rings. The van der Waals surface area contributed by atoms with Crippen LogP contribution in [-0.4, -0.2) is 23.3 Å². The van der Waals surface area contributed by atoms with Crippen molar-refractivity contribution in [2.45, 2.75) is 26.2 Å². The Morgan fingerprint density at radius 3 is 1.77 bits per heavy atom. The van der Waals surface area contributed by atoms with Gasteiger partial charge in [0.1, 0.15) is 17.3 Å². The summed E-state index contributed by atoms with van der Waals surface area (Å²) in [6.45, 7) is 6.80. The van der Waals surface area contributed by atoms with Crippen LogP contribution in [0.1, 0.15) is 26.3 Å². The van der Waals surface area contributed by atoms with Gasteiger partial charge in [-0.05, 0) is 100.0 Å². The Balaban J connectivity index is 0.959. The molecule has 0 atom stereocenters. The quantitative estimate of drug-likeness (QED) is 0.112. The Kier molecular flexibility index (Phi) is 10.2. The number of pyridine rings is 1. The van der Waals surface area contributed by atoms with E-state index in [1.807, 2.05) is 12.3 Å². The molecule has 0 aliphatic rings. The zero-order chi connectivity index (χ0) is 52.2. The number of para-hydroxylation sites is 6. The van der Waals surface area contributed by atoms with Crippen molar-refractivity contribution in [2.24, 2.45) is 7.05 Å². The highest BCUT2D eigenvalue weighted by Crippen LogP contribution is 2.50. The summed E-state index contributed by atoms with van der Waals surface area (Å²) in [5.41, 5.74) is 17.5. The van der Waals surface area contributed by atoms with E-state index in [9.17, 15) is 0 Å². The SMILES string of the molecule is Cn1c2ccccc2c2c3c4ccccc4n(-c4ccccc4)c3c3c4ccc(Oc5cccc(-[n+]6[c-]n(-c7c(-c8ccccc8)cccc7-c7ccccc7)c7ccccc76)c5)cc4n(-c4cc(C(C)(C)C)ccn4)c3c21. The molecule has 0 saturated heterocycles. The Labute approximate surface area is 451 Å². The fraction of sp³-hybridized carbons (Fsp3) is 0.0704. The number of fused-ring (bicyclic) bond motifs is 13. The summed E-state index contributed by atoms with van der Waals surface area (Å²) in [7, 11) is 2.21. The summed E-state index contributed by atoms with van der Waals surface area (Å²) in [4.78, 5) is 5.24. The van der Waals surface area contributed by atoms with E-state index < -0.39 is 0 Å². The predicted molar refractivity (Wildman–Crippen MR) is 320 cm³/mol. The van der Waals surface area contributed by atoms with Gasteiger partial charge in [-0.3, -0.25) is 13.7 Å². The molecule has 0 unspecified atom stereocenters. The lowest BCUT2D eigenvalue weighted by atomic mass is 9.88. The molecule has 78 heavy (non-hydrogen) atoms. The van der Waals surface area contributed by atoms with E-state index in [1.54, 1.807) is 0 Å². The number of ether oxygens (including phenoxy) is 1. The van der Waals surface area contributed by atoms with Crippen LogP contribution in [0.25, 0.3) is 122 Å². The molecular formula is C71H52N6O. The molecule has 5 aromatic heterocycles. The van der Waals surface area contributed by atoms with Gasteiger partial charge in [0, 0.05) is 62.8 Å². The van der Waals surface area contributed by atoms with Gasteiger partial charge < -0.3 is 13.9 Å². The summed E-state index contributed by atoms with van der Waals surface area (Å²) in [6, 6.07) is 84.2. The van der Waals surface area contributed by atoms with Crippen molar-refractivity contribution in [3.8, 4) is 56.6 Å². The molecule has 7 nitrogen and oxygen atoms in total. The highest BCUT2D eigenvalue weighted by atomic mass is 16.5. The van der Waals surface area contributed by atoms with Crippen LogP contribution >= 0.6 is 0 Å². The largest absolute Gasteiger partial charge is 0.458 e. The Morgan fingerprint density at radius 1 is 0.462 bits per heavy atom. The number of imidazole rings is 1. The molecule has 0 N–H and O–H groups in total. The Bertz CT molecular complexity index is 4800. The Morgan fingerprint density at radius 2 is 1.05 bits per heavy atom. The number of hydrogen-bond donors (Lipinski definition) is 0. The fourth-order valence-corrected chi connectivity index (χ4v) is 12.3. The normalized spacial score (nSPS) is 12.1. The van der Waals surface area contributed by atoms with E-state index in [0.29, 0.717) is 11.5 Å². The second kappa shape index (κ2) is 17.5. The number of hydrogen-bond acceptors (Lipinski definition) is 2. The summed E-state index contributed by atoms with van der Waals surface area (Å²) >= 11 is 0. The van der Waals surface area contributed by atoms with Gasteiger partial charge in [-0.15, -0.1) is 0 Å². The second-order valence-corrected chi connectivity index (χ2v) is 21.4. The first-order chi connectivity index (χ1) is 38.3.